The van der Waals surface area contributed by atoms with Gasteiger partial charge in [0.1, 0.15) is 5.82 Å². The Labute approximate surface area is 177 Å². The molecule has 0 spiro atoms. The largest absolute Gasteiger partial charge is 0.416 e. The molecule has 3 nitrogen and oxygen atoms in total. The molecule has 3 aromatic carbocycles. The Morgan fingerprint density at radius 2 is 1.61 bits per heavy atom. The second-order valence-electron chi connectivity index (χ2n) is 7.91. The van der Waals surface area contributed by atoms with Crippen molar-refractivity contribution in [1.82, 2.24) is 9.97 Å². The molecule has 4 rings (SSSR count). The van der Waals surface area contributed by atoms with E-state index in [0.717, 1.165) is 39.9 Å². The Balaban J connectivity index is 1.63. The molecule has 0 aliphatic carbocycles. The van der Waals surface area contributed by atoms with Crippen LogP contribution in [-0.4, -0.2) is 15.1 Å². The number of alkyl halides is 3. The van der Waals surface area contributed by atoms with Gasteiger partial charge in [-0.05, 0) is 66.4 Å². The molecule has 0 atom stereocenters. The molecule has 2 N–H and O–H groups in total. The smallest absolute Gasteiger partial charge is 0.386 e. The summed E-state index contributed by atoms with van der Waals surface area (Å²) in [5.74, 6) is 0.600. The van der Waals surface area contributed by atoms with Crippen LogP contribution in [0.25, 0.3) is 34.3 Å². The van der Waals surface area contributed by atoms with Crippen molar-refractivity contribution in [2.24, 2.45) is 0 Å². The third-order valence-electron chi connectivity index (χ3n) is 5.07. The van der Waals surface area contributed by atoms with Gasteiger partial charge in [-0.1, -0.05) is 48.5 Å². The molecular formula is C25H21F3N2O. The van der Waals surface area contributed by atoms with Crippen molar-refractivity contribution >= 4 is 23.2 Å². The van der Waals surface area contributed by atoms with Crippen molar-refractivity contribution in [2.45, 2.75) is 25.6 Å². The summed E-state index contributed by atoms with van der Waals surface area (Å²) in [7, 11) is 0. The summed E-state index contributed by atoms with van der Waals surface area (Å²) in [6.45, 7) is 3.51. The lowest BCUT2D eigenvalue weighted by molar-refractivity contribution is -0.137. The molecule has 6 heteroatoms. The topological polar surface area (TPSA) is 48.9 Å². The van der Waals surface area contributed by atoms with E-state index in [1.807, 2.05) is 42.5 Å². The van der Waals surface area contributed by atoms with Crippen LogP contribution in [0.2, 0.25) is 0 Å². The molecule has 1 aromatic heterocycles. The number of aromatic amines is 1. The van der Waals surface area contributed by atoms with E-state index in [9.17, 15) is 18.3 Å². The van der Waals surface area contributed by atoms with Crippen LogP contribution in [0.3, 0.4) is 0 Å². The van der Waals surface area contributed by atoms with Gasteiger partial charge >= 0.3 is 6.18 Å². The van der Waals surface area contributed by atoms with Crippen LogP contribution in [0.1, 0.15) is 36.4 Å². The zero-order chi connectivity index (χ0) is 22.2. The van der Waals surface area contributed by atoms with Crippen molar-refractivity contribution < 1.29 is 18.3 Å². The number of rotatable bonds is 4. The molecule has 158 valence electrons. The first kappa shape index (κ1) is 20.9. The van der Waals surface area contributed by atoms with E-state index in [2.05, 4.69) is 9.97 Å². The summed E-state index contributed by atoms with van der Waals surface area (Å²) in [6.07, 6.45) is -0.905. The highest BCUT2D eigenvalue weighted by molar-refractivity contribution is 5.84. The number of hydrogen-bond acceptors (Lipinski definition) is 2. The van der Waals surface area contributed by atoms with Crippen LogP contribution in [0.15, 0.2) is 66.7 Å². The van der Waals surface area contributed by atoms with Gasteiger partial charge in [0, 0.05) is 0 Å². The van der Waals surface area contributed by atoms with Gasteiger partial charge in [-0.25, -0.2) is 4.98 Å². The van der Waals surface area contributed by atoms with Crippen LogP contribution in [0.5, 0.6) is 0 Å². The van der Waals surface area contributed by atoms with Crippen molar-refractivity contribution in [2.75, 3.05) is 0 Å². The minimum absolute atomic E-state index is 0.600. The Kier molecular flexibility index (Phi) is 5.19. The van der Waals surface area contributed by atoms with Crippen molar-refractivity contribution in [3.05, 3.63) is 89.2 Å². The fourth-order valence-electron chi connectivity index (χ4n) is 3.50. The number of aliphatic hydroxyl groups is 1. The number of aromatic nitrogens is 2. The SMILES string of the molecule is CC(C)(O)c1ccccc1-c1ccc2[nH]c(/C=C\c3ccc(C(F)(F)F)cc3)nc2c1. The van der Waals surface area contributed by atoms with Crippen molar-refractivity contribution in [1.29, 1.82) is 0 Å². The predicted molar refractivity (Wildman–Crippen MR) is 117 cm³/mol. The molecule has 1 heterocycles. The Bertz CT molecular complexity index is 1250. The van der Waals surface area contributed by atoms with Gasteiger partial charge in [0.05, 0.1) is 22.2 Å². The molecule has 0 aliphatic heterocycles. The molecule has 0 saturated carbocycles. The van der Waals surface area contributed by atoms with Gasteiger partial charge in [-0.3, -0.25) is 0 Å². The van der Waals surface area contributed by atoms with Crippen molar-refractivity contribution in [3.63, 3.8) is 0 Å². The van der Waals surface area contributed by atoms with E-state index in [4.69, 9.17) is 0 Å². The monoisotopic (exact) mass is 422 g/mol. The van der Waals surface area contributed by atoms with E-state index in [-0.39, 0.29) is 0 Å². The highest BCUT2D eigenvalue weighted by Crippen LogP contribution is 2.33. The number of halogens is 3. The number of imidazole rings is 1. The molecule has 0 bridgehead atoms. The highest BCUT2D eigenvalue weighted by Gasteiger charge is 2.29. The number of fused-ring (bicyclic) bond motifs is 1. The van der Waals surface area contributed by atoms with Gasteiger partial charge in [0.15, 0.2) is 0 Å². The first-order chi connectivity index (χ1) is 14.6. The summed E-state index contributed by atoms with van der Waals surface area (Å²) in [6, 6.07) is 18.5. The third kappa shape index (κ3) is 4.54. The second kappa shape index (κ2) is 7.71. The van der Waals surface area contributed by atoms with Crippen LogP contribution >= 0.6 is 0 Å². The van der Waals surface area contributed by atoms with Crippen LogP contribution in [-0.2, 0) is 11.8 Å². The third-order valence-corrected chi connectivity index (χ3v) is 5.07. The fraction of sp³-hybridized carbons (Fsp3) is 0.160. The van der Waals surface area contributed by atoms with E-state index >= 15 is 0 Å². The maximum absolute atomic E-state index is 12.7. The fourth-order valence-corrected chi connectivity index (χ4v) is 3.50. The lowest BCUT2D eigenvalue weighted by Crippen LogP contribution is -2.16. The maximum atomic E-state index is 12.7. The summed E-state index contributed by atoms with van der Waals surface area (Å²) in [5.41, 5.74) is 3.29. The van der Waals surface area contributed by atoms with Crippen LogP contribution < -0.4 is 0 Å². The lowest BCUT2D eigenvalue weighted by atomic mass is 9.89. The Morgan fingerprint density at radius 3 is 2.29 bits per heavy atom. The molecule has 0 unspecified atom stereocenters. The van der Waals surface area contributed by atoms with Gasteiger partial charge in [0.25, 0.3) is 0 Å². The second-order valence-corrected chi connectivity index (χ2v) is 7.91. The number of nitrogens with zero attached hydrogens (tertiary/aromatic N) is 1. The normalized spacial score (nSPS) is 12.7. The van der Waals surface area contributed by atoms with Gasteiger partial charge in [-0.2, -0.15) is 13.2 Å². The number of benzene rings is 3. The maximum Gasteiger partial charge on any atom is 0.416 e. The highest BCUT2D eigenvalue weighted by atomic mass is 19.4. The molecule has 0 amide bonds. The zero-order valence-electron chi connectivity index (χ0n) is 17.0. The van der Waals surface area contributed by atoms with E-state index < -0.39 is 17.3 Å². The van der Waals surface area contributed by atoms with Gasteiger partial charge in [0.2, 0.25) is 0 Å². The molecule has 31 heavy (non-hydrogen) atoms. The Hall–Kier alpha value is -3.38. The van der Waals surface area contributed by atoms with E-state index in [1.54, 1.807) is 26.0 Å². The zero-order valence-corrected chi connectivity index (χ0v) is 17.0. The van der Waals surface area contributed by atoms with Crippen LogP contribution in [0, 0.1) is 0 Å². The lowest BCUT2D eigenvalue weighted by Gasteiger charge is -2.21. The number of nitrogens with one attached hydrogen (secondary N) is 1. The molecular weight excluding hydrogens is 401 g/mol. The minimum atomic E-state index is -4.34. The summed E-state index contributed by atoms with van der Waals surface area (Å²) in [5, 5.41) is 10.5. The molecule has 4 aromatic rings. The predicted octanol–water partition coefficient (Wildman–Crippen LogP) is 6.65. The molecule has 0 radical (unpaired) electrons. The number of H-pyrrole nitrogens is 1. The van der Waals surface area contributed by atoms with E-state index in [0.29, 0.717) is 11.4 Å². The van der Waals surface area contributed by atoms with E-state index in [1.165, 1.54) is 12.1 Å². The standard InChI is InChI=1S/C25H21F3N2O/c1-24(2,31)20-6-4-3-5-19(20)17-10-13-21-22(15-17)30-23(29-21)14-9-16-7-11-18(12-8-16)25(26,27)28/h3-15,31H,1-2H3,(H,29,30)/b14-9-. The first-order valence-corrected chi connectivity index (χ1v) is 9.79. The minimum Gasteiger partial charge on any atom is -0.386 e. The van der Waals surface area contributed by atoms with Gasteiger partial charge < -0.3 is 10.1 Å². The van der Waals surface area contributed by atoms with Crippen LogP contribution in [0.4, 0.5) is 13.2 Å². The molecule has 0 aliphatic rings. The molecule has 0 saturated heterocycles. The molecule has 0 fully saturated rings. The Morgan fingerprint density at radius 1 is 0.903 bits per heavy atom. The number of hydrogen-bond donors (Lipinski definition) is 2. The van der Waals surface area contributed by atoms with Crippen molar-refractivity contribution in [3.8, 4) is 11.1 Å². The first-order valence-electron chi connectivity index (χ1n) is 9.79. The summed E-state index contributed by atoms with van der Waals surface area (Å²) >= 11 is 0. The average Bonchev–Trinajstić information content (AvgIpc) is 3.13. The summed E-state index contributed by atoms with van der Waals surface area (Å²) in [4.78, 5) is 7.78. The average molecular weight is 422 g/mol. The summed E-state index contributed by atoms with van der Waals surface area (Å²) < 4.78 is 38.1. The quantitative estimate of drug-likeness (QED) is 0.387. The van der Waals surface area contributed by atoms with Gasteiger partial charge in [-0.15, -0.1) is 0 Å².